The van der Waals surface area contributed by atoms with Crippen molar-refractivity contribution < 1.29 is 13.2 Å². The average Bonchev–Trinajstić information content (AvgIpc) is 2.57. The van der Waals surface area contributed by atoms with Gasteiger partial charge in [-0.2, -0.15) is 0 Å². The van der Waals surface area contributed by atoms with Crippen LogP contribution < -0.4 is 10.9 Å². The molecule has 0 spiro atoms. The van der Waals surface area contributed by atoms with Crippen LogP contribution in [0.5, 0.6) is 0 Å². The van der Waals surface area contributed by atoms with E-state index in [4.69, 9.17) is 0 Å². The lowest BCUT2D eigenvalue weighted by atomic mass is 10.1. The Morgan fingerprint density at radius 1 is 1.19 bits per heavy atom. The molecule has 0 bridgehead atoms. The smallest absolute Gasteiger partial charge is 0.250 e. The topological polar surface area (TPSA) is 88.5 Å². The fourth-order valence-electron chi connectivity index (χ4n) is 2.40. The number of carbonyl (C=O) groups is 1. The maximum absolute atomic E-state index is 12.4. The van der Waals surface area contributed by atoms with Crippen molar-refractivity contribution in [2.45, 2.75) is 31.7 Å². The molecule has 26 heavy (non-hydrogen) atoms. The van der Waals surface area contributed by atoms with Gasteiger partial charge in [-0.15, -0.1) is 0 Å². The molecule has 0 aliphatic carbocycles. The van der Waals surface area contributed by atoms with Gasteiger partial charge in [0.1, 0.15) is 0 Å². The standard InChI is InChI=1S/C18H23N3O4S/c1-13-11-15(26(24,25)20(3)4)12-16(14(13)2)19-17(22)8-10-21-9-6-5-7-18(21)23/h5-7,9,11-12H,8,10H2,1-4H3,(H,19,22). The Bertz CT molecular complexity index is 978. The molecule has 140 valence electrons. The van der Waals surface area contributed by atoms with E-state index in [1.54, 1.807) is 31.3 Å². The SMILES string of the molecule is Cc1cc(S(=O)(=O)N(C)C)cc(NC(=O)CCn2ccccc2=O)c1C. The van der Waals surface area contributed by atoms with E-state index in [9.17, 15) is 18.0 Å². The molecule has 0 atom stereocenters. The van der Waals surface area contributed by atoms with Gasteiger partial charge >= 0.3 is 0 Å². The lowest BCUT2D eigenvalue weighted by Crippen LogP contribution is -2.23. The van der Waals surface area contributed by atoms with E-state index in [0.717, 1.165) is 15.4 Å². The molecule has 0 saturated carbocycles. The second-order valence-corrected chi connectivity index (χ2v) is 8.38. The molecule has 8 heteroatoms. The van der Waals surface area contributed by atoms with Crippen LogP contribution in [0.3, 0.4) is 0 Å². The van der Waals surface area contributed by atoms with Gasteiger partial charge in [-0.25, -0.2) is 12.7 Å². The van der Waals surface area contributed by atoms with Crippen molar-refractivity contribution >= 4 is 21.6 Å². The number of aromatic nitrogens is 1. The van der Waals surface area contributed by atoms with E-state index in [1.807, 2.05) is 6.92 Å². The molecular formula is C18H23N3O4S. The first-order valence-electron chi connectivity index (χ1n) is 8.12. The van der Waals surface area contributed by atoms with Crippen molar-refractivity contribution in [2.24, 2.45) is 0 Å². The summed E-state index contributed by atoms with van der Waals surface area (Å²) in [4.78, 5) is 24.1. The number of rotatable bonds is 6. The van der Waals surface area contributed by atoms with E-state index >= 15 is 0 Å². The van der Waals surface area contributed by atoms with E-state index in [-0.39, 0.29) is 29.3 Å². The molecule has 0 saturated heterocycles. The fourth-order valence-corrected chi connectivity index (χ4v) is 3.41. The summed E-state index contributed by atoms with van der Waals surface area (Å²) in [5.74, 6) is -0.289. The van der Waals surface area contributed by atoms with Gasteiger partial charge in [-0.3, -0.25) is 9.59 Å². The molecule has 1 aromatic heterocycles. The monoisotopic (exact) mass is 377 g/mol. The van der Waals surface area contributed by atoms with Crippen LogP contribution in [0.15, 0.2) is 46.2 Å². The van der Waals surface area contributed by atoms with Crippen molar-refractivity contribution in [3.63, 3.8) is 0 Å². The Balaban J connectivity index is 2.21. The number of aryl methyl sites for hydroxylation is 2. The summed E-state index contributed by atoms with van der Waals surface area (Å²) in [5.41, 5.74) is 1.85. The van der Waals surface area contributed by atoms with Crippen molar-refractivity contribution in [1.82, 2.24) is 8.87 Å². The number of sulfonamides is 1. The van der Waals surface area contributed by atoms with Gasteiger partial charge in [0, 0.05) is 45.0 Å². The second-order valence-electron chi connectivity index (χ2n) is 6.23. The number of anilines is 1. The van der Waals surface area contributed by atoms with Gasteiger partial charge < -0.3 is 9.88 Å². The Morgan fingerprint density at radius 2 is 1.88 bits per heavy atom. The molecule has 7 nitrogen and oxygen atoms in total. The van der Waals surface area contributed by atoms with Gasteiger partial charge in [0.2, 0.25) is 15.9 Å². The number of hydrogen-bond acceptors (Lipinski definition) is 4. The van der Waals surface area contributed by atoms with E-state index in [0.29, 0.717) is 5.69 Å². The van der Waals surface area contributed by atoms with E-state index < -0.39 is 10.0 Å². The third-order valence-electron chi connectivity index (χ3n) is 4.17. The maximum atomic E-state index is 12.4. The summed E-state index contributed by atoms with van der Waals surface area (Å²) >= 11 is 0. The molecule has 0 aliphatic heterocycles. The summed E-state index contributed by atoms with van der Waals surface area (Å²) < 4.78 is 27.3. The molecule has 1 heterocycles. The minimum atomic E-state index is -3.60. The summed E-state index contributed by atoms with van der Waals surface area (Å²) in [7, 11) is -0.681. The van der Waals surface area contributed by atoms with Gasteiger partial charge in [-0.05, 0) is 43.2 Å². The number of amides is 1. The van der Waals surface area contributed by atoms with Crippen LogP contribution in [-0.2, 0) is 21.4 Å². The summed E-state index contributed by atoms with van der Waals surface area (Å²) in [6.45, 7) is 3.86. The van der Waals surface area contributed by atoms with Gasteiger partial charge in [0.15, 0.2) is 0 Å². The van der Waals surface area contributed by atoms with Crippen LogP contribution in [0.4, 0.5) is 5.69 Å². The lowest BCUT2D eigenvalue weighted by molar-refractivity contribution is -0.116. The predicted octanol–water partition coefficient (Wildman–Crippen LogP) is 1.74. The van der Waals surface area contributed by atoms with Gasteiger partial charge in [0.05, 0.1) is 4.90 Å². The first kappa shape index (κ1) is 19.9. The van der Waals surface area contributed by atoms with Crippen molar-refractivity contribution in [3.05, 3.63) is 58.0 Å². The van der Waals surface area contributed by atoms with Crippen LogP contribution in [0.1, 0.15) is 17.5 Å². The van der Waals surface area contributed by atoms with E-state index in [1.165, 1.54) is 30.8 Å². The molecule has 1 N–H and O–H groups in total. The number of benzene rings is 1. The van der Waals surface area contributed by atoms with Crippen LogP contribution in [-0.4, -0.2) is 37.3 Å². The number of pyridine rings is 1. The third kappa shape index (κ3) is 4.39. The first-order chi connectivity index (χ1) is 12.1. The minimum absolute atomic E-state index is 0.104. The molecule has 0 aliphatic rings. The Labute approximate surface area is 153 Å². The van der Waals surface area contributed by atoms with Crippen molar-refractivity contribution in [1.29, 1.82) is 0 Å². The highest BCUT2D eigenvalue weighted by molar-refractivity contribution is 7.89. The zero-order chi connectivity index (χ0) is 19.5. The molecule has 0 fully saturated rings. The zero-order valence-electron chi connectivity index (χ0n) is 15.3. The molecule has 0 unspecified atom stereocenters. The number of nitrogens with one attached hydrogen (secondary N) is 1. The minimum Gasteiger partial charge on any atom is -0.326 e. The third-order valence-corrected chi connectivity index (χ3v) is 5.97. The van der Waals surface area contributed by atoms with Crippen LogP contribution >= 0.6 is 0 Å². The van der Waals surface area contributed by atoms with Gasteiger partial charge in [0.25, 0.3) is 5.56 Å². The molecule has 2 rings (SSSR count). The number of carbonyl (C=O) groups excluding carboxylic acids is 1. The average molecular weight is 377 g/mol. The Morgan fingerprint density at radius 3 is 2.50 bits per heavy atom. The highest BCUT2D eigenvalue weighted by Crippen LogP contribution is 2.25. The number of nitrogens with zero attached hydrogens (tertiary/aromatic N) is 2. The predicted molar refractivity (Wildman–Crippen MR) is 101 cm³/mol. The summed E-state index contributed by atoms with van der Waals surface area (Å²) in [6, 6.07) is 7.85. The molecular weight excluding hydrogens is 354 g/mol. The summed E-state index contributed by atoms with van der Waals surface area (Å²) in [5, 5.41) is 2.75. The highest BCUT2D eigenvalue weighted by atomic mass is 32.2. The van der Waals surface area contributed by atoms with Crippen LogP contribution in [0.2, 0.25) is 0 Å². The van der Waals surface area contributed by atoms with E-state index in [2.05, 4.69) is 5.32 Å². The van der Waals surface area contributed by atoms with Crippen LogP contribution in [0.25, 0.3) is 0 Å². The van der Waals surface area contributed by atoms with Crippen LogP contribution in [0, 0.1) is 13.8 Å². The molecule has 1 aromatic carbocycles. The number of hydrogen-bond donors (Lipinski definition) is 1. The fraction of sp³-hybridized carbons (Fsp3) is 0.333. The van der Waals surface area contributed by atoms with Gasteiger partial charge in [-0.1, -0.05) is 6.07 Å². The van der Waals surface area contributed by atoms with Crippen molar-refractivity contribution in [2.75, 3.05) is 19.4 Å². The molecule has 1 amide bonds. The molecule has 0 radical (unpaired) electrons. The van der Waals surface area contributed by atoms with Crippen molar-refractivity contribution in [3.8, 4) is 0 Å². The first-order valence-corrected chi connectivity index (χ1v) is 9.56. The largest absolute Gasteiger partial charge is 0.326 e. The normalized spacial score (nSPS) is 11.6. The Kier molecular flexibility index (Phi) is 5.99. The highest BCUT2D eigenvalue weighted by Gasteiger charge is 2.20. The quantitative estimate of drug-likeness (QED) is 0.831. The molecule has 2 aromatic rings. The second kappa shape index (κ2) is 7.84. The lowest BCUT2D eigenvalue weighted by Gasteiger charge is -2.16. The Hall–Kier alpha value is -2.45. The maximum Gasteiger partial charge on any atom is 0.250 e. The summed E-state index contributed by atoms with van der Waals surface area (Å²) in [6.07, 6.45) is 1.72. The zero-order valence-corrected chi connectivity index (χ0v) is 16.1.